The Morgan fingerprint density at radius 1 is 1.15 bits per heavy atom. The van der Waals surface area contributed by atoms with Crippen molar-refractivity contribution in [3.8, 4) is 0 Å². The van der Waals surface area contributed by atoms with Crippen molar-refractivity contribution in [2.75, 3.05) is 26.8 Å². The highest BCUT2D eigenvalue weighted by Gasteiger charge is 2.34. The fourth-order valence-electron chi connectivity index (χ4n) is 4.18. The molecule has 1 aromatic rings. The van der Waals surface area contributed by atoms with E-state index in [2.05, 4.69) is 22.5 Å². The fraction of sp³-hybridized carbons (Fsp3) is 0.667. The van der Waals surface area contributed by atoms with Gasteiger partial charge in [-0.15, -0.1) is 0 Å². The van der Waals surface area contributed by atoms with Crippen molar-refractivity contribution in [3.63, 3.8) is 0 Å². The molecule has 2 aliphatic rings. The van der Waals surface area contributed by atoms with Crippen LogP contribution in [0.3, 0.4) is 0 Å². The van der Waals surface area contributed by atoms with Crippen LogP contribution in [0.5, 0.6) is 0 Å². The molecule has 5 heteroatoms. The molecule has 1 aliphatic carbocycles. The first-order valence-electron chi connectivity index (χ1n) is 9.92. The first-order valence-corrected chi connectivity index (χ1v) is 9.92. The predicted molar refractivity (Wildman–Crippen MR) is 104 cm³/mol. The average molecular weight is 362 g/mol. The van der Waals surface area contributed by atoms with Gasteiger partial charge in [-0.3, -0.25) is 4.99 Å². The first-order chi connectivity index (χ1) is 12.6. The Kier molecular flexibility index (Phi) is 6.52. The van der Waals surface area contributed by atoms with Crippen LogP contribution in [0.1, 0.15) is 51.0 Å². The zero-order valence-electron chi connectivity index (χ0n) is 16.1. The Bertz CT molecular complexity index is 588. The van der Waals surface area contributed by atoms with Crippen molar-refractivity contribution in [1.82, 2.24) is 10.6 Å². The van der Waals surface area contributed by atoms with Crippen molar-refractivity contribution >= 4 is 5.96 Å². The molecule has 3 rings (SSSR count). The van der Waals surface area contributed by atoms with Crippen molar-refractivity contribution in [3.05, 3.63) is 35.6 Å². The number of hydrogen-bond donors (Lipinski definition) is 2. The minimum Gasteiger partial charge on any atom is -0.381 e. The third kappa shape index (κ3) is 4.76. The summed E-state index contributed by atoms with van der Waals surface area (Å²) >= 11 is 0. The summed E-state index contributed by atoms with van der Waals surface area (Å²) in [5, 5.41) is 7.13. The highest BCUT2D eigenvalue weighted by atomic mass is 19.1. The lowest BCUT2D eigenvalue weighted by molar-refractivity contribution is 0.0513. The van der Waals surface area contributed by atoms with E-state index >= 15 is 0 Å². The van der Waals surface area contributed by atoms with Crippen LogP contribution in [0.15, 0.2) is 29.3 Å². The Hall–Kier alpha value is -1.62. The van der Waals surface area contributed by atoms with E-state index in [0.29, 0.717) is 6.04 Å². The topological polar surface area (TPSA) is 45.7 Å². The summed E-state index contributed by atoms with van der Waals surface area (Å²) in [5.74, 6) is 1.53. The Balaban J connectivity index is 1.64. The van der Waals surface area contributed by atoms with Gasteiger partial charge in [-0.05, 0) is 62.1 Å². The predicted octanol–water partition coefficient (Wildman–Crippen LogP) is 3.62. The van der Waals surface area contributed by atoms with Crippen LogP contribution >= 0.6 is 0 Å². The minimum absolute atomic E-state index is 0.0371. The third-order valence-electron chi connectivity index (χ3n) is 6.08. The second kappa shape index (κ2) is 8.85. The lowest BCUT2D eigenvalue weighted by Gasteiger charge is -2.38. The largest absolute Gasteiger partial charge is 0.381 e. The van der Waals surface area contributed by atoms with Gasteiger partial charge in [0.15, 0.2) is 5.96 Å². The first kappa shape index (κ1) is 19.2. The minimum atomic E-state index is -0.187. The number of nitrogens with zero attached hydrogens (tertiary/aromatic N) is 1. The van der Waals surface area contributed by atoms with Gasteiger partial charge in [0.25, 0.3) is 0 Å². The molecule has 0 radical (unpaired) electrons. The smallest absolute Gasteiger partial charge is 0.191 e. The second-order valence-corrected chi connectivity index (χ2v) is 7.93. The molecule has 0 aromatic heterocycles. The van der Waals surface area contributed by atoms with E-state index in [1.165, 1.54) is 31.2 Å². The SMILES string of the molecule is CN=C(NCC1(c2ccc(F)cc2)CCOCC1)NC1CCC(C)CC1. The van der Waals surface area contributed by atoms with Gasteiger partial charge in [0, 0.05) is 38.3 Å². The number of rotatable bonds is 4. The van der Waals surface area contributed by atoms with E-state index in [0.717, 1.165) is 44.5 Å². The van der Waals surface area contributed by atoms with E-state index in [9.17, 15) is 4.39 Å². The lowest BCUT2D eigenvalue weighted by atomic mass is 9.74. The number of guanidine groups is 1. The number of halogens is 1. The third-order valence-corrected chi connectivity index (χ3v) is 6.08. The maximum atomic E-state index is 13.4. The van der Waals surface area contributed by atoms with Gasteiger partial charge in [0.05, 0.1) is 0 Å². The molecule has 0 atom stereocenters. The van der Waals surface area contributed by atoms with Crippen molar-refractivity contribution in [1.29, 1.82) is 0 Å². The van der Waals surface area contributed by atoms with Crippen molar-refractivity contribution in [2.24, 2.45) is 10.9 Å². The number of ether oxygens (including phenoxy) is 1. The molecule has 0 amide bonds. The summed E-state index contributed by atoms with van der Waals surface area (Å²) in [5.41, 5.74) is 1.14. The van der Waals surface area contributed by atoms with E-state index in [-0.39, 0.29) is 11.2 Å². The zero-order valence-corrected chi connectivity index (χ0v) is 16.1. The summed E-state index contributed by atoms with van der Waals surface area (Å²) in [7, 11) is 1.83. The van der Waals surface area contributed by atoms with E-state index < -0.39 is 0 Å². The van der Waals surface area contributed by atoms with Crippen molar-refractivity contribution < 1.29 is 9.13 Å². The Morgan fingerprint density at radius 2 is 1.81 bits per heavy atom. The van der Waals surface area contributed by atoms with Gasteiger partial charge in [0.1, 0.15) is 5.82 Å². The lowest BCUT2D eigenvalue weighted by Crippen LogP contribution is -2.50. The number of nitrogens with one attached hydrogen (secondary N) is 2. The van der Waals surface area contributed by atoms with Crippen LogP contribution in [0.2, 0.25) is 0 Å². The van der Waals surface area contributed by atoms with Gasteiger partial charge in [-0.1, -0.05) is 19.1 Å². The maximum Gasteiger partial charge on any atom is 0.191 e. The molecular formula is C21H32FN3O. The molecule has 26 heavy (non-hydrogen) atoms. The molecule has 2 fully saturated rings. The van der Waals surface area contributed by atoms with Crippen LogP contribution in [0.4, 0.5) is 4.39 Å². The Labute approximate surface area is 156 Å². The molecule has 144 valence electrons. The maximum absolute atomic E-state index is 13.4. The molecule has 1 saturated heterocycles. The van der Waals surface area contributed by atoms with Crippen LogP contribution < -0.4 is 10.6 Å². The van der Waals surface area contributed by atoms with Crippen LogP contribution in [-0.2, 0) is 10.2 Å². The van der Waals surface area contributed by atoms with Crippen LogP contribution in [-0.4, -0.2) is 38.8 Å². The molecule has 2 N–H and O–H groups in total. The van der Waals surface area contributed by atoms with Gasteiger partial charge in [-0.25, -0.2) is 4.39 Å². The summed E-state index contributed by atoms with van der Waals surface area (Å²) in [6, 6.07) is 7.46. The van der Waals surface area contributed by atoms with Gasteiger partial charge < -0.3 is 15.4 Å². The van der Waals surface area contributed by atoms with Gasteiger partial charge in [-0.2, -0.15) is 0 Å². The number of aliphatic imine (C=N–C) groups is 1. The average Bonchev–Trinajstić information content (AvgIpc) is 2.68. The van der Waals surface area contributed by atoms with Crippen LogP contribution in [0.25, 0.3) is 0 Å². The van der Waals surface area contributed by atoms with Crippen molar-refractivity contribution in [2.45, 2.75) is 56.9 Å². The zero-order chi connectivity index (χ0) is 18.4. The summed E-state index contributed by atoms with van der Waals surface area (Å²) in [6.45, 7) is 4.60. The normalized spacial score (nSPS) is 26.3. The molecule has 0 bridgehead atoms. The quantitative estimate of drug-likeness (QED) is 0.636. The highest BCUT2D eigenvalue weighted by molar-refractivity contribution is 5.80. The molecule has 0 spiro atoms. The summed E-state index contributed by atoms with van der Waals surface area (Å²) in [6.07, 6.45) is 6.85. The van der Waals surface area contributed by atoms with Crippen LogP contribution in [0, 0.1) is 11.7 Å². The molecular weight excluding hydrogens is 329 g/mol. The van der Waals surface area contributed by atoms with Gasteiger partial charge in [0.2, 0.25) is 0 Å². The number of hydrogen-bond acceptors (Lipinski definition) is 2. The second-order valence-electron chi connectivity index (χ2n) is 7.93. The summed E-state index contributed by atoms with van der Waals surface area (Å²) < 4.78 is 19.0. The Morgan fingerprint density at radius 3 is 2.42 bits per heavy atom. The molecule has 1 heterocycles. The van der Waals surface area contributed by atoms with Gasteiger partial charge >= 0.3 is 0 Å². The van der Waals surface area contributed by atoms with E-state index in [1.807, 2.05) is 19.2 Å². The molecule has 1 saturated carbocycles. The molecule has 0 unspecified atom stereocenters. The molecule has 1 aromatic carbocycles. The summed E-state index contributed by atoms with van der Waals surface area (Å²) in [4.78, 5) is 4.43. The molecule has 1 aliphatic heterocycles. The van der Waals surface area contributed by atoms with E-state index in [4.69, 9.17) is 4.74 Å². The highest BCUT2D eigenvalue weighted by Crippen LogP contribution is 2.34. The molecule has 4 nitrogen and oxygen atoms in total. The standard InChI is InChI=1S/C21H32FN3O/c1-16-3-9-19(10-4-16)25-20(23-2)24-15-21(11-13-26-14-12-21)17-5-7-18(22)8-6-17/h5-8,16,19H,3-4,9-15H2,1-2H3,(H2,23,24,25). The monoisotopic (exact) mass is 361 g/mol. The fourth-order valence-corrected chi connectivity index (χ4v) is 4.18. The van der Waals surface area contributed by atoms with E-state index in [1.54, 1.807) is 12.1 Å². The number of benzene rings is 1.